The predicted octanol–water partition coefficient (Wildman–Crippen LogP) is 1.04. The third-order valence-corrected chi connectivity index (χ3v) is 3.95. The minimum Gasteiger partial charge on any atom is -0.619 e. The zero-order valence-corrected chi connectivity index (χ0v) is 10.3. The highest BCUT2D eigenvalue weighted by atomic mass is 32.2. The molecule has 0 aromatic rings. The van der Waals surface area contributed by atoms with E-state index in [1.165, 1.54) is 24.8 Å². The minimum atomic E-state index is -0.271. The number of hydrogen-bond acceptors (Lipinski definition) is 4. The fourth-order valence-electron chi connectivity index (χ4n) is 1.87. The van der Waals surface area contributed by atoms with E-state index >= 15 is 0 Å². The molecule has 5 heteroatoms. The first kappa shape index (κ1) is 12.2. The monoisotopic (exact) mass is 242 g/mol. The van der Waals surface area contributed by atoms with Gasteiger partial charge in [-0.2, -0.15) is 0 Å². The van der Waals surface area contributed by atoms with Gasteiger partial charge in [-0.1, -0.05) is 5.92 Å². The first-order chi connectivity index (χ1) is 7.79. The second-order valence-corrected chi connectivity index (χ2v) is 5.35. The summed E-state index contributed by atoms with van der Waals surface area (Å²) in [6.45, 7) is 4.61. The number of rotatable bonds is 2. The molecule has 2 rings (SSSR count). The summed E-state index contributed by atoms with van der Waals surface area (Å²) in [5, 5.41) is 12.0. The number of hydrogen-bond donors (Lipinski definition) is 0. The summed E-state index contributed by atoms with van der Waals surface area (Å²) in [7, 11) is 0. The van der Waals surface area contributed by atoms with Gasteiger partial charge < -0.3 is 9.94 Å². The van der Waals surface area contributed by atoms with Crippen LogP contribution in [0.3, 0.4) is 0 Å². The summed E-state index contributed by atoms with van der Waals surface area (Å²) < 4.78 is 4.87. The molecule has 4 nitrogen and oxygen atoms in total. The summed E-state index contributed by atoms with van der Waals surface area (Å²) >= 11 is 1.29. The Morgan fingerprint density at radius 3 is 2.81 bits per heavy atom. The van der Waals surface area contributed by atoms with Gasteiger partial charge in [-0.3, -0.25) is 8.95 Å². The van der Waals surface area contributed by atoms with E-state index in [0.717, 1.165) is 19.6 Å². The highest BCUT2D eigenvalue weighted by Gasteiger charge is 2.22. The summed E-state index contributed by atoms with van der Waals surface area (Å²) in [5.41, 5.74) is 0. The molecule has 0 spiro atoms. The van der Waals surface area contributed by atoms with E-state index in [-0.39, 0.29) is 4.05 Å². The van der Waals surface area contributed by atoms with E-state index in [0.29, 0.717) is 25.6 Å². The molecule has 90 valence electrons. The smallest absolute Gasteiger partial charge is 0.151 e. The lowest BCUT2D eigenvalue weighted by molar-refractivity contribution is -0.737. The van der Waals surface area contributed by atoms with Crippen molar-refractivity contribution in [3.8, 4) is 11.8 Å². The number of likely N-dealkylation sites (tertiary alicyclic amines) is 1. The molecular weight excluding hydrogens is 224 g/mol. The predicted molar refractivity (Wildman–Crippen MR) is 65.2 cm³/mol. The van der Waals surface area contributed by atoms with Crippen molar-refractivity contribution in [1.82, 2.24) is 4.90 Å². The van der Waals surface area contributed by atoms with Gasteiger partial charge in [-0.15, -0.1) is 0 Å². The Kier molecular flexibility index (Phi) is 4.50. The van der Waals surface area contributed by atoms with Gasteiger partial charge in [0.05, 0.1) is 13.2 Å². The van der Waals surface area contributed by atoms with Crippen molar-refractivity contribution < 1.29 is 8.79 Å². The van der Waals surface area contributed by atoms with E-state index in [2.05, 4.69) is 16.7 Å². The Morgan fingerprint density at radius 2 is 2.12 bits per heavy atom. The van der Waals surface area contributed by atoms with E-state index in [9.17, 15) is 5.21 Å². The molecule has 0 aliphatic carbocycles. The minimum absolute atomic E-state index is 0.271. The number of quaternary nitrogens is 1. The Morgan fingerprint density at radius 1 is 1.31 bits per heavy atom. The van der Waals surface area contributed by atoms with Crippen LogP contribution in [-0.2, 0) is 4.74 Å². The Labute approximate surface area is 101 Å². The van der Waals surface area contributed by atoms with Crippen molar-refractivity contribution >= 4 is 11.9 Å². The number of nitrogens with zero attached hydrogens (tertiary/aromatic N) is 2. The standard InChI is InChI=1S/C11H18N2O2S/c14-13(9-10-15-11-16-13)8-4-3-7-12-5-1-2-6-12/h1-2,5-11H2. The lowest BCUT2D eigenvalue weighted by Crippen LogP contribution is -2.41. The maximum atomic E-state index is 12.0. The third kappa shape index (κ3) is 3.65. The normalized spacial score (nSPS) is 31.1. The van der Waals surface area contributed by atoms with Crippen molar-refractivity contribution in [2.75, 3.05) is 45.3 Å². The van der Waals surface area contributed by atoms with Gasteiger partial charge in [0.2, 0.25) is 0 Å². The van der Waals surface area contributed by atoms with Crippen LogP contribution in [0, 0.1) is 17.0 Å². The first-order valence-electron chi connectivity index (χ1n) is 5.77. The molecule has 0 N–H and O–H groups in total. The first-order valence-corrected chi connectivity index (χ1v) is 6.71. The van der Waals surface area contributed by atoms with Gasteiger partial charge in [-0.25, -0.2) is 0 Å². The molecule has 2 heterocycles. The zero-order valence-electron chi connectivity index (χ0n) is 9.48. The van der Waals surface area contributed by atoms with Crippen LogP contribution in [0.2, 0.25) is 0 Å². The SMILES string of the molecule is [O-][N+]1(CC#CCN2CCCC2)CCOCS1. The fraction of sp³-hybridized carbons (Fsp3) is 0.818. The topological polar surface area (TPSA) is 35.5 Å². The molecule has 2 fully saturated rings. The fourth-order valence-corrected chi connectivity index (χ4v) is 2.61. The Hall–Kier alpha value is -0.250. The molecule has 0 amide bonds. The number of hydroxylamine groups is 2. The van der Waals surface area contributed by atoms with E-state index < -0.39 is 0 Å². The molecular formula is C11H18N2O2S. The summed E-state index contributed by atoms with van der Waals surface area (Å²) in [6, 6.07) is 0. The van der Waals surface area contributed by atoms with Crippen LogP contribution >= 0.6 is 11.9 Å². The second kappa shape index (κ2) is 5.89. The quantitative estimate of drug-likeness (QED) is 0.314. The summed E-state index contributed by atoms with van der Waals surface area (Å²) in [5.74, 6) is 6.62. The Balaban J connectivity index is 1.70. The maximum Gasteiger partial charge on any atom is 0.151 e. The number of ether oxygens (including phenoxy) is 1. The second-order valence-electron chi connectivity index (χ2n) is 4.19. The molecule has 0 bridgehead atoms. The van der Waals surface area contributed by atoms with E-state index in [4.69, 9.17) is 4.74 Å². The molecule has 1 unspecified atom stereocenters. The van der Waals surface area contributed by atoms with Crippen molar-refractivity contribution in [2.24, 2.45) is 0 Å². The average Bonchev–Trinajstić information content (AvgIpc) is 2.78. The van der Waals surface area contributed by atoms with E-state index in [1.54, 1.807) is 0 Å². The molecule has 2 saturated heterocycles. The van der Waals surface area contributed by atoms with Crippen LogP contribution < -0.4 is 0 Å². The van der Waals surface area contributed by atoms with Crippen LogP contribution in [0.4, 0.5) is 0 Å². The summed E-state index contributed by atoms with van der Waals surface area (Å²) in [4.78, 5) is 2.34. The van der Waals surface area contributed by atoms with Gasteiger partial charge >= 0.3 is 0 Å². The highest BCUT2D eigenvalue weighted by Crippen LogP contribution is 2.23. The van der Waals surface area contributed by atoms with Gasteiger partial charge in [0.25, 0.3) is 0 Å². The molecule has 1 atom stereocenters. The molecule has 2 aliphatic heterocycles. The third-order valence-electron chi connectivity index (χ3n) is 2.89. The van der Waals surface area contributed by atoms with Crippen LogP contribution in [-0.4, -0.2) is 54.2 Å². The van der Waals surface area contributed by atoms with Crippen LogP contribution in [0.1, 0.15) is 12.8 Å². The summed E-state index contributed by atoms with van der Waals surface area (Å²) in [6.07, 6.45) is 2.58. The van der Waals surface area contributed by atoms with Crippen molar-refractivity contribution in [3.05, 3.63) is 5.21 Å². The van der Waals surface area contributed by atoms with E-state index in [1.807, 2.05) is 0 Å². The van der Waals surface area contributed by atoms with Crippen LogP contribution in [0.5, 0.6) is 0 Å². The molecule has 0 saturated carbocycles. The highest BCUT2D eigenvalue weighted by molar-refractivity contribution is 7.93. The van der Waals surface area contributed by atoms with Crippen LogP contribution in [0.15, 0.2) is 0 Å². The maximum absolute atomic E-state index is 12.0. The Bertz CT molecular complexity index is 275. The van der Waals surface area contributed by atoms with Gasteiger partial charge in [-0.05, 0) is 31.9 Å². The molecule has 2 aliphatic rings. The largest absolute Gasteiger partial charge is 0.619 e. The van der Waals surface area contributed by atoms with Gasteiger partial charge in [0.1, 0.15) is 24.4 Å². The molecule has 0 aromatic carbocycles. The molecule has 0 aromatic heterocycles. The molecule has 16 heavy (non-hydrogen) atoms. The van der Waals surface area contributed by atoms with Gasteiger partial charge in [0.15, 0.2) is 6.54 Å². The van der Waals surface area contributed by atoms with Gasteiger partial charge in [0, 0.05) is 0 Å². The van der Waals surface area contributed by atoms with Crippen molar-refractivity contribution in [2.45, 2.75) is 12.8 Å². The van der Waals surface area contributed by atoms with Crippen molar-refractivity contribution in [1.29, 1.82) is 0 Å². The van der Waals surface area contributed by atoms with Crippen molar-refractivity contribution in [3.63, 3.8) is 0 Å². The average molecular weight is 242 g/mol. The lowest BCUT2D eigenvalue weighted by Gasteiger charge is -2.40. The lowest BCUT2D eigenvalue weighted by atomic mass is 10.4. The van der Waals surface area contributed by atoms with Crippen LogP contribution in [0.25, 0.3) is 0 Å². The zero-order chi connectivity index (χ0) is 11.3. The molecule has 0 radical (unpaired) electrons.